The van der Waals surface area contributed by atoms with Crippen molar-refractivity contribution in [1.82, 2.24) is 4.98 Å². The fourth-order valence-corrected chi connectivity index (χ4v) is 1.84. The van der Waals surface area contributed by atoms with Crippen molar-refractivity contribution >= 4 is 0 Å². The SMILES string of the molecule is CC(C)c1ccc(-c2ccc(CO)c(=O)[nH]2)cc1. The normalized spacial score (nSPS) is 10.9. The van der Waals surface area contributed by atoms with Crippen molar-refractivity contribution < 1.29 is 5.11 Å². The van der Waals surface area contributed by atoms with Crippen LogP contribution in [0.25, 0.3) is 11.3 Å². The number of nitrogens with one attached hydrogen (secondary N) is 1. The van der Waals surface area contributed by atoms with Gasteiger partial charge in [-0.1, -0.05) is 38.1 Å². The number of aromatic amines is 1. The van der Waals surface area contributed by atoms with E-state index in [9.17, 15) is 4.79 Å². The van der Waals surface area contributed by atoms with Gasteiger partial charge in [0.2, 0.25) is 0 Å². The molecular weight excluding hydrogens is 226 g/mol. The lowest BCUT2D eigenvalue weighted by atomic mass is 10.0. The summed E-state index contributed by atoms with van der Waals surface area (Å²) in [5.74, 6) is 0.495. The second-order valence-electron chi connectivity index (χ2n) is 4.66. The summed E-state index contributed by atoms with van der Waals surface area (Å²) in [5, 5.41) is 8.96. The third-order valence-corrected chi connectivity index (χ3v) is 3.05. The Kier molecular flexibility index (Phi) is 3.63. The van der Waals surface area contributed by atoms with Gasteiger partial charge in [0.25, 0.3) is 5.56 Å². The molecule has 0 fully saturated rings. The molecule has 1 aromatic heterocycles. The largest absolute Gasteiger partial charge is 0.391 e. The van der Waals surface area contributed by atoms with Crippen LogP contribution in [0.3, 0.4) is 0 Å². The molecule has 0 amide bonds. The summed E-state index contributed by atoms with van der Waals surface area (Å²) >= 11 is 0. The zero-order valence-electron chi connectivity index (χ0n) is 10.6. The Hall–Kier alpha value is -1.87. The van der Waals surface area contributed by atoms with E-state index in [0.717, 1.165) is 11.3 Å². The summed E-state index contributed by atoms with van der Waals surface area (Å²) in [6.07, 6.45) is 0. The van der Waals surface area contributed by atoms with Crippen LogP contribution in [0.15, 0.2) is 41.2 Å². The smallest absolute Gasteiger partial charge is 0.253 e. The van der Waals surface area contributed by atoms with Crippen LogP contribution in [0.2, 0.25) is 0 Å². The zero-order chi connectivity index (χ0) is 13.1. The Labute approximate surface area is 106 Å². The van der Waals surface area contributed by atoms with Gasteiger partial charge in [-0.3, -0.25) is 4.79 Å². The number of aliphatic hydroxyl groups is 1. The predicted octanol–water partition coefficient (Wildman–Crippen LogP) is 2.66. The molecule has 2 N–H and O–H groups in total. The van der Waals surface area contributed by atoms with Gasteiger partial charge in [0.15, 0.2) is 0 Å². The Morgan fingerprint density at radius 2 is 1.78 bits per heavy atom. The zero-order valence-corrected chi connectivity index (χ0v) is 10.6. The number of aromatic nitrogens is 1. The summed E-state index contributed by atoms with van der Waals surface area (Å²) in [6.45, 7) is 4.06. The van der Waals surface area contributed by atoms with E-state index in [1.807, 2.05) is 18.2 Å². The Morgan fingerprint density at radius 3 is 2.28 bits per heavy atom. The van der Waals surface area contributed by atoms with Gasteiger partial charge in [-0.15, -0.1) is 0 Å². The molecule has 94 valence electrons. The molecule has 1 heterocycles. The molecule has 2 aromatic rings. The molecule has 0 atom stereocenters. The van der Waals surface area contributed by atoms with E-state index in [1.165, 1.54) is 5.56 Å². The molecule has 0 aliphatic rings. The number of rotatable bonds is 3. The first-order valence-electron chi connectivity index (χ1n) is 6.05. The first-order chi connectivity index (χ1) is 8.61. The molecular formula is C15H17NO2. The summed E-state index contributed by atoms with van der Waals surface area (Å²) in [6, 6.07) is 11.6. The van der Waals surface area contributed by atoms with Gasteiger partial charge < -0.3 is 10.1 Å². The van der Waals surface area contributed by atoms with Crippen LogP contribution in [0.1, 0.15) is 30.9 Å². The molecule has 2 rings (SSSR count). The molecule has 1 aromatic carbocycles. The minimum atomic E-state index is -0.234. The molecule has 0 spiro atoms. The molecule has 18 heavy (non-hydrogen) atoms. The summed E-state index contributed by atoms with van der Waals surface area (Å²) in [4.78, 5) is 14.4. The van der Waals surface area contributed by atoms with Gasteiger partial charge in [-0.25, -0.2) is 0 Å². The van der Waals surface area contributed by atoms with E-state index < -0.39 is 0 Å². The number of benzene rings is 1. The van der Waals surface area contributed by atoms with Crippen LogP contribution < -0.4 is 5.56 Å². The minimum Gasteiger partial charge on any atom is -0.391 e. The topological polar surface area (TPSA) is 53.1 Å². The highest BCUT2D eigenvalue weighted by Gasteiger charge is 2.03. The van der Waals surface area contributed by atoms with Crippen LogP contribution in [-0.2, 0) is 6.61 Å². The van der Waals surface area contributed by atoms with Crippen molar-refractivity contribution in [2.75, 3.05) is 0 Å². The molecule has 3 heteroatoms. The van der Waals surface area contributed by atoms with Gasteiger partial charge in [-0.2, -0.15) is 0 Å². The number of aliphatic hydroxyl groups excluding tert-OH is 1. The van der Waals surface area contributed by atoms with Crippen molar-refractivity contribution in [1.29, 1.82) is 0 Å². The molecule has 0 aliphatic carbocycles. The van der Waals surface area contributed by atoms with Crippen LogP contribution >= 0.6 is 0 Å². The average molecular weight is 243 g/mol. The highest BCUT2D eigenvalue weighted by Crippen LogP contribution is 2.20. The maximum absolute atomic E-state index is 11.6. The second kappa shape index (κ2) is 5.19. The molecule has 0 saturated carbocycles. The van der Waals surface area contributed by atoms with Crippen LogP contribution in [0.4, 0.5) is 0 Å². The monoisotopic (exact) mass is 243 g/mol. The first kappa shape index (κ1) is 12.6. The van der Waals surface area contributed by atoms with Gasteiger partial charge in [0, 0.05) is 11.3 Å². The molecule has 3 nitrogen and oxygen atoms in total. The third-order valence-electron chi connectivity index (χ3n) is 3.05. The molecule has 0 unspecified atom stereocenters. The Bertz CT molecular complexity index is 582. The maximum atomic E-state index is 11.6. The van der Waals surface area contributed by atoms with Gasteiger partial charge in [0.1, 0.15) is 0 Å². The molecule has 0 saturated heterocycles. The van der Waals surface area contributed by atoms with E-state index in [4.69, 9.17) is 5.11 Å². The highest BCUT2D eigenvalue weighted by molar-refractivity contribution is 5.59. The van der Waals surface area contributed by atoms with Crippen molar-refractivity contribution in [3.8, 4) is 11.3 Å². The lowest BCUT2D eigenvalue weighted by Crippen LogP contribution is -2.12. The standard InChI is InChI=1S/C15H17NO2/c1-10(2)11-3-5-12(6-4-11)14-8-7-13(9-17)15(18)16-14/h3-8,10,17H,9H2,1-2H3,(H,16,18). The maximum Gasteiger partial charge on any atom is 0.253 e. The summed E-state index contributed by atoms with van der Waals surface area (Å²) in [5.41, 5.74) is 3.17. The second-order valence-corrected chi connectivity index (χ2v) is 4.66. The van der Waals surface area contributed by atoms with Crippen LogP contribution in [-0.4, -0.2) is 10.1 Å². The Balaban J connectivity index is 2.37. The first-order valence-corrected chi connectivity index (χ1v) is 6.05. The van der Waals surface area contributed by atoms with Gasteiger partial charge in [-0.05, 0) is 29.2 Å². The Morgan fingerprint density at radius 1 is 1.11 bits per heavy atom. The molecule has 0 radical (unpaired) electrons. The predicted molar refractivity (Wildman–Crippen MR) is 72.5 cm³/mol. The van der Waals surface area contributed by atoms with Gasteiger partial charge >= 0.3 is 0 Å². The minimum absolute atomic E-state index is 0.233. The van der Waals surface area contributed by atoms with Crippen LogP contribution in [0, 0.1) is 0 Å². The summed E-state index contributed by atoms with van der Waals surface area (Å²) in [7, 11) is 0. The quantitative estimate of drug-likeness (QED) is 0.870. The number of pyridine rings is 1. The highest BCUT2D eigenvalue weighted by atomic mass is 16.3. The average Bonchev–Trinajstić information content (AvgIpc) is 2.38. The van der Waals surface area contributed by atoms with E-state index in [0.29, 0.717) is 11.5 Å². The number of hydrogen-bond acceptors (Lipinski definition) is 2. The van der Waals surface area contributed by atoms with Crippen molar-refractivity contribution in [3.05, 3.63) is 57.9 Å². The third kappa shape index (κ3) is 2.51. The van der Waals surface area contributed by atoms with Gasteiger partial charge in [0.05, 0.1) is 6.61 Å². The van der Waals surface area contributed by atoms with Crippen molar-refractivity contribution in [2.24, 2.45) is 0 Å². The lowest BCUT2D eigenvalue weighted by Gasteiger charge is -2.07. The van der Waals surface area contributed by atoms with Crippen LogP contribution in [0.5, 0.6) is 0 Å². The lowest BCUT2D eigenvalue weighted by molar-refractivity contribution is 0.280. The fourth-order valence-electron chi connectivity index (χ4n) is 1.84. The number of hydrogen-bond donors (Lipinski definition) is 2. The van der Waals surface area contributed by atoms with E-state index in [2.05, 4.69) is 31.0 Å². The summed E-state index contributed by atoms with van der Waals surface area (Å²) < 4.78 is 0. The number of H-pyrrole nitrogens is 1. The molecule has 0 aliphatic heterocycles. The fraction of sp³-hybridized carbons (Fsp3) is 0.267. The molecule has 0 bridgehead atoms. The van der Waals surface area contributed by atoms with Crippen molar-refractivity contribution in [3.63, 3.8) is 0 Å². The van der Waals surface area contributed by atoms with E-state index >= 15 is 0 Å². The van der Waals surface area contributed by atoms with Crippen molar-refractivity contribution in [2.45, 2.75) is 26.4 Å². The van der Waals surface area contributed by atoms with E-state index in [-0.39, 0.29) is 12.2 Å². The van der Waals surface area contributed by atoms with E-state index in [1.54, 1.807) is 6.07 Å².